The van der Waals surface area contributed by atoms with Crippen LogP contribution >= 0.6 is 0 Å². The molecule has 2 heteroatoms. The monoisotopic (exact) mass is 237 g/mol. The molecule has 2 N–H and O–H groups in total. The Morgan fingerprint density at radius 1 is 1.00 bits per heavy atom. The van der Waals surface area contributed by atoms with Crippen LogP contribution in [0.15, 0.2) is 42.5 Å². The second-order valence-electron chi connectivity index (χ2n) is 5.25. The highest BCUT2D eigenvalue weighted by Gasteiger charge is 2.45. The maximum Gasteiger partial charge on any atom is 0.135 e. The van der Waals surface area contributed by atoms with E-state index in [2.05, 4.69) is 30.3 Å². The Balaban J connectivity index is 2.00. The summed E-state index contributed by atoms with van der Waals surface area (Å²) in [5.41, 5.74) is 10.4. The van der Waals surface area contributed by atoms with Crippen molar-refractivity contribution in [2.45, 2.75) is 24.9 Å². The summed E-state index contributed by atoms with van der Waals surface area (Å²) in [6.45, 7) is 0. The normalized spacial score (nSPS) is 18.4. The lowest BCUT2D eigenvalue weighted by Crippen LogP contribution is -2.42. The number of rotatable bonds is 0. The number of benzene rings is 2. The van der Waals surface area contributed by atoms with E-state index in [4.69, 9.17) is 10.5 Å². The zero-order chi connectivity index (χ0) is 12.2. The van der Waals surface area contributed by atoms with Crippen LogP contribution in [0.5, 0.6) is 5.75 Å². The molecule has 0 saturated heterocycles. The number of nitrogen functional groups attached to an aromatic ring is 1. The molecule has 1 saturated carbocycles. The average Bonchev–Trinajstić information content (AvgIpc) is 2.35. The van der Waals surface area contributed by atoms with Crippen molar-refractivity contribution in [2.24, 2.45) is 0 Å². The predicted molar refractivity (Wildman–Crippen MR) is 72.4 cm³/mol. The fraction of sp³-hybridized carbons (Fsp3) is 0.250. The van der Waals surface area contributed by atoms with E-state index < -0.39 is 0 Å². The number of anilines is 1. The second kappa shape index (κ2) is 3.29. The molecule has 2 nitrogen and oxygen atoms in total. The van der Waals surface area contributed by atoms with Crippen molar-refractivity contribution in [3.8, 4) is 16.9 Å². The fourth-order valence-electron chi connectivity index (χ4n) is 3.10. The second-order valence-corrected chi connectivity index (χ2v) is 5.25. The Morgan fingerprint density at radius 2 is 1.83 bits per heavy atom. The molecule has 0 atom stereocenters. The van der Waals surface area contributed by atoms with Gasteiger partial charge in [0.05, 0.1) is 0 Å². The number of nitrogens with two attached hydrogens (primary N) is 1. The van der Waals surface area contributed by atoms with Crippen LogP contribution in [-0.2, 0) is 5.60 Å². The number of ether oxygens (including phenoxy) is 1. The molecule has 0 radical (unpaired) electrons. The summed E-state index contributed by atoms with van der Waals surface area (Å²) in [7, 11) is 0. The first-order chi connectivity index (χ1) is 8.78. The van der Waals surface area contributed by atoms with E-state index >= 15 is 0 Å². The van der Waals surface area contributed by atoms with E-state index in [-0.39, 0.29) is 5.60 Å². The molecule has 1 fully saturated rings. The molecule has 0 aromatic heterocycles. The third-order valence-corrected chi connectivity index (χ3v) is 4.18. The lowest BCUT2D eigenvalue weighted by atomic mass is 9.71. The van der Waals surface area contributed by atoms with Gasteiger partial charge in [-0.3, -0.25) is 0 Å². The van der Waals surface area contributed by atoms with Crippen LogP contribution in [0.1, 0.15) is 24.8 Å². The van der Waals surface area contributed by atoms with Gasteiger partial charge in [0.1, 0.15) is 11.4 Å². The quantitative estimate of drug-likeness (QED) is 0.709. The number of hydrogen-bond acceptors (Lipinski definition) is 2. The Labute approximate surface area is 106 Å². The minimum atomic E-state index is -0.0859. The van der Waals surface area contributed by atoms with Crippen molar-refractivity contribution in [3.05, 3.63) is 48.0 Å². The van der Waals surface area contributed by atoms with Crippen LogP contribution in [-0.4, -0.2) is 0 Å². The first kappa shape index (κ1) is 10.0. The van der Waals surface area contributed by atoms with Gasteiger partial charge in [-0.25, -0.2) is 0 Å². The van der Waals surface area contributed by atoms with E-state index in [1.807, 2.05) is 12.1 Å². The first-order valence-electron chi connectivity index (χ1n) is 6.47. The molecule has 2 aromatic carbocycles. The van der Waals surface area contributed by atoms with E-state index in [9.17, 15) is 0 Å². The highest BCUT2D eigenvalue weighted by molar-refractivity contribution is 5.78. The molecule has 2 aliphatic rings. The van der Waals surface area contributed by atoms with Crippen LogP contribution in [0.3, 0.4) is 0 Å². The summed E-state index contributed by atoms with van der Waals surface area (Å²) >= 11 is 0. The molecule has 4 rings (SSSR count). The van der Waals surface area contributed by atoms with Gasteiger partial charge in [-0.05, 0) is 37.0 Å². The van der Waals surface area contributed by atoms with Gasteiger partial charge < -0.3 is 10.5 Å². The van der Waals surface area contributed by atoms with E-state index in [0.717, 1.165) is 29.8 Å². The van der Waals surface area contributed by atoms with Gasteiger partial charge in [0, 0.05) is 22.9 Å². The highest BCUT2D eigenvalue weighted by Crippen LogP contribution is 2.53. The van der Waals surface area contributed by atoms with Crippen molar-refractivity contribution < 1.29 is 4.74 Å². The standard InChI is InChI=1S/C16H15NO/c17-11-6-7-13-12-4-1-2-5-14(12)16(8-3-9-16)18-15(13)10-11/h1-2,4-7,10H,3,8-9,17H2. The highest BCUT2D eigenvalue weighted by atomic mass is 16.5. The van der Waals surface area contributed by atoms with Crippen LogP contribution < -0.4 is 10.5 Å². The van der Waals surface area contributed by atoms with Gasteiger partial charge in [0.25, 0.3) is 0 Å². The molecule has 0 unspecified atom stereocenters. The average molecular weight is 237 g/mol. The predicted octanol–water partition coefficient (Wildman–Crippen LogP) is 3.71. The number of fused-ring (bicyclic) bond motifs is 4. The van der Waals surface area contributed by atoms with E-state index in [1.54, 1.807) is 0 Å². The van der Waals surface area contributed by atoms with Crippen LogP contribution in [0, 0.1) is 0 Å². The maximum absolute atomic E-state index is 6.28. The summed E-state index contributed by atoms with van der Waals surface area (Å²) in [5.74, 6) is 0.938. The zero-order valence-electron chi connectivity index (χ0n) is 10.1. The van der Waals surface area contributed by atoms with Gasteiger partial charge in [-0.15, -0.1) is 0 Å². The maximum atomic E-state index is 6.28. The van der Waals surface area contributed by atoms with Crippen molar-refractivity contribution in [1.82, 2.24) is 0 Å². The SMILES string of the molecule is Nc1ccc2c(c1)OC1(CCC1)c1ccccc1-2. The van der Waals surface area contributed by atoms with Crippen molar-refractivity contribution >= 4 is 5.69 Å². The molecule has 90 valence electrons. The summed E-state index contributed by atoms with van der Waals surface area (Å²) in [4.78, 5) is 0. The molecule has 1 spiro atoms. The fourth-order valence-corrected chi connectivity index (χ4v) is 3.10. The molecule has 18 heavy (non-hydrogen) atoms. The smallest absolute Gasteiger partial charge is 0.135 e. The van der Waals surface area contributed by atoms with Crippen molar-refractivity contribution in [3.63, 3.8) is 0 Å². The lowest BCUT2D eigenvalue weighted by Gasteiger charge is -2.46. The third-order valence-electron chi connectivity index (χ3n) is 4.18. The molecular weight excluding hydrogens is 222 g/mol. The lowest BCUT2D eigenvalue weighted by molar-refractivity contribution is -0.0143. The van der Waals surface area contributed by atoms with Crippen molar-refractivity contribution in [1.29, 1.82) is 0 Å². The summed E-state index contributed by atoms with van der Waals surface area (Å²) in [6.07, 6.45) is 3.46. The molecule has 0 amide bonds. The Morgan fingerprint density at radius 3 is 2.61 bits per heavy atom. The Hall–Kier alpha value is -1.96. The summed E-state index contributed by atoms with van der Waals surface area (Å²) in [6, 6.07) is 14.5. The van der Waals surface area contributed by atoms with Crippen LogP contribution in [0.4, 0.5) is 5.69 Å². The van der Waals surface area contributed by atoms with Gasteiger partial charge >= 0.3 is 0 Å². The van der Waals surface area contributed by atoms with Gasteiger partial charge in [0.15, 0.2) is 0 Å². The van der Waals surface area contributed by atoms with Gasteiger partial charge in [-0.1, -0.05) is 24.3 Å². The third kappa shape index (κ3) is 1.18. The van der Waals surface area contributed by atoms with E-state index in [1.165, 1.54) is 17.5 Å². The Kier molecular flexibility index (Phi) is 1.83. The van der Waals surface area contributed by atoms with E-state index in [0.29, 0.717) is 0 Å². The molecule has 0 bridgehead atoms. The van der Waals surface area contributed by atoms with Crippen LogP contribution in [0.2, 0.25) is 0 Å². The summed E-state index contributed by atoms with van der Waals surface area (Å²) < 4.78 is 6.28. The topological polar surface area (TPSA) is 35.2 Å². The summed E-state index contributed by atoms with van der Waals surface area (Å²) in [5, 5.41) is 0. The Bertz CT molecular complexity index is 629. The van der Waals surface area contributed by atoms with Gasteiger partial charge in [-0.2, -0.15) is 0 Å². The zero-order valence-corrected chi connectivity index (χ0v) is 10.1. The minimum absolute atomic E-state index is 0.0859. The molecule has 1 aliphatic carbocycles. The molecule has 2 aromatic rings. The first-order valence-corrected chi connectivity index (χ1v) is 6.47. The number of hydrogen-bond donors (Lipinski definition) is 1. The van der Waals surface area contributed by atoms with Crippen LogP contribution in [0.25, 0.3) is 11.1 Å². The molecular formula is C16H15NO. The minimum Gasteiger partial charge on any atom is -0.482 e. The molecule has 1 aliphatic heterocycles. The van der Waals surface area contributed by atoms with Gasteiger partial charge in [0.2, 0.25) is 0 Å². The largest absolute Gasteiger partial charge is 0.482 e. The van der Waals surface area contributed by atoms with Crippen molar-refractivity contribution in [2.75, 3.05) is 5.73 Å². The molecule has 1 heterocycles.